The van der Waals surface area contributed by atoms with Crippen molar-refractivity contribution in [3.05, 3.63) is 41.5 Å². The van der Waals surface area contributed by atoms with Crippen LogP contribution in [0.4, 0.5) is 0 Å². The predicted octanol–water partition coefficient (Wildman–Crippen LogP) is 0.296. The Labute approximate surface area is 195 Å². The summed E-state index contributed by atoms with van der Waals surface area (Å²) < 4.78 is 10.8. The third-order valence-corrected chi connectivity index (χ3v) is 4.82. The van der Waals surface area contributed by atoms with Crippen molar-refractivity contribution in [1.82, 2.24) is 0 Å². The van der Waals surface area contributed by atoms with E-state index >= 15 is 0 Å². The van der Waals surface area contributed by atoms with Crippen molar-refractivity contribution in [3.8, 4) is 28.7 Å². The Balaban J connectivity index is 0.000000739. The third kappa shape index (κ3) is 6.51. The number of rotatable bonds is 7. The van der Waals surface area contributed by atoms with Gasteiger partial charge >= 0.3 is 5.97 Å². The minimum Gasteiger partial charge on any atom is -0.550 e. The molecule has 2 aromatic carbocycles. The number of carbonyl (C=O) groups excluding carboxylic acids is 3. The Morgan fingerprint density at radius 3 is 2.32 bits per heavy atom. The van der Waals surface area contributed by atoms with Crippen LogP contribution in [0.25, 0.3) is 0 Å². The lowest BCUT2D eigenvalue weighted by Gasteiger charge is -2.32. The van der Waals surface area contributed by atoms with Crippen LogP contribution in [0.3, 0.4) is 0 Å². The molecule has 2 atom stereocenters. The fraction of sp³-hybridized carbons (Fsp3) is 0.348. The van der Waals surface area contributed by atoms with Crippen molar-refractivity contribution in [3.63, 3.8) is 0 Å². The normalized spacial score (nSPS) is 16.5. The van der Waals surface area contributed by atoms with E-state index in [1.165, 1.54) is 18.9 Å². The van der Waals surface area contributed by atoms with Gasteiger partial charge in [0.1, 0.15) is 22.8 Å². The van der Waals surface area contributed by atoms with Gasteiger partial charge in [-0.05, 0) is 25.0 Å². The summed E-state index contributed by atoms with van der Waals surface area (Å²) in [6.45, 7) is 3.27. The number of phenolic OH excluding ortho intramolecular Hbond substituents is 4. The topological polar surface area (TPSA) is 201 Å². The van der Waals surface area contributed by atoms with Gasteiger partial charge in [0.15, 0.2) is 17.6 Å². The number of carboxylic acids is 1. The van der Waals surface area contributed by atoms with Crippen LogP contribution in [0.2, 0.25) is 0 Å². The maximum atomic E-state index is 12.9. The van der Waals surface area contributed by atoms with Gasteiger partial charge < -0.3 is 45.5 Å². The van der Waals surface area contributed by atoms with Gasteiger partial charge in [-0.1, -0.05) is 19.4 Å². The monoisotopic (exact) mass is 477 g/mol. The lowest BCUT2D eigenvalue weighted by atomic mass is 9.92. The van der Waals surface area contributed by atoms with Crippen LogP contribution in [0, 0.1) is 0 Å². The zero-order chi connectivity index (χ0) is 25.4. The minimum atomic E-state index is -1.63. The quantitative estimate of drug-likeness (QED) is 0.273. The van der Waals surface area contributed by atoms with Gasteiger partial charge in [0.2, 0.25) is 11.9 Å². The number of phenols is 4. The van der Waals surface area contributed by atoms with E-state index < -0.39 is 60.0 Å². The number of ether oxygens (including phenoxy) is 2. The largest absolute Gasteiger partial charge is 0.550 e. The zero-order valence-corrected chi connectivity index (χ0v) is 18.5. The standard InChI is InChI=1S/C19H16O10.C4H11N/c20-9-6-12(23)16-13(7-9)28-18(8-1-2-10(21)11(22)5-8)19(17(16)27)29-15(26)4-3-14(24)25;1-2-3-4-5/h1-2,5-7,18-23H,3-4H2,(H,24,25);2-5H2,1H3. The van der Waals surface area contributed by atoms with E-state index in [0.29, 0.717) is 0 Å². The zero-order valence-electron chi connectivity index (χ0n) is 18.5. The Kier molecular flexibility index (Phi) is 9.08. The lowest BCUT2D eigenvalue weighted by molar-refractivity contribution is -0.368. The number of ketones is 1. The molecular formula is C23H27NO10. The van der Waals surface area contributed by atoms with Crippen molar-refractivity contribution in [2.45, 2.75) is 44.8 Å². The van der Waals surface area contributed by atoms with Gasteiger partial charge in [-0.15, -0.1) is 0 Å². The number of benzene rings is 2. The summed E-state index contributed by atoms with van der Waals surface area (Å²) in [6, 6.07) is 5.50. The molecule has 11 nitrogen and oxygen atoms in total. The number of carboxylic acid groups (broad SMARTS) is 1. The summed E-state index contributed by atoms with van der Waals surface area (Å²) in [7, 11) is 0. The summed E-state index contributed by atoms with van der Waals surface area (Å²) in [5, 5.41) is 49.4. The second-order valence-corrected chi connectivity index (χ2v) is 7.48. The molecule has 34 heavy (non-hydrogen) atoms. The maximum absolute atomic E-state index is 12.9. The van der Waals surface area contributed by atoms with Crippen LogP contribution in [-0.4, -0.2) is 50.8 Å². The van der Waals surface area contributed by atoms with E-state index in [9.17, 15) is 39.9 Å². The predicted molar refractivity (Wildman–Crippen MR) is 114 cm³/mol. The van der Waals surface area contributed by atoms with Gasteiger partial charge in [-0.2, -0.15) is 0 Å². The number of aliphatic carboxylic acids is 1. The number of aromatic hydroxyl groups is 4. The molecule has 1 aliphatic heterocycles. The van der Waals surface area contributed by atoms with Gasteiger partial charge in [0.05, 0.1) is 13.0 Å². The fourth-order valence-electron chi connectivity index (χ4n) is 3.14. The molecule has 11 heteroatoms. The average molecular weight is 477 g/mol. The molecule has 0 aliphatic carbocycles. The Bertz CT molecular complexity index is 1050. The fourth-order valence-corrected chi connectivity index (χ4v) is 3.14. The van der Waals surface area contributed by atoms with E-state index in [4.69, 9.17) is 9.47 Å². The average Bonchev–Trinajstić information content (AvgIpc) is 2.76. The van der Waals surface area contributed by atoms with E-state index in [1.807, 2.05) is 0 Å². The van der Waals surface area contributed by atoms with E-state index in [2.05, 4.69) is 12.7 Å². The molecule has 0 saturated heterocycles. The first-order valence-corrected chi connectivity index (χ1v) is 10.6. The molecule has 0 radical (unpaired) electrons. The van der Waals surface area contributed by atoms with Crippen molar-refractivity contribution < 1.29 is 55.1 Å². The number of quaternary nitrogens is 1. The third-order valence-electron chi connectivity index (χ3n) is 4.82. The summed E-state index contributed by atoms with van der Waals surface area (Å²) >= 11 is 0. The number of carbonyl (C=O) groups is 3. The molecule has 3 rings (SSSR count). The van der Waals surface area contributed by atoms with Crippen LogP contribution in [0.15, 0.2) is 30.3 Å². The van der Waals surface area contributed by atoms with Crippen LogP contribution >= 0.6 is 0 Å². The summed E-state index contributed by atoms with van der Waals surface area (Å²) in [5.74, 6) is -5.49. The van der Waals surface area contributed by atoms with Crippen LogP contribution < -0.4 is 15.6 Å². The number of hydrogen-bond acceptors (Lipinski definition) is 10. The molecule has 0 amide bonds. The molecule has 7 N–H and O–H groups in total. The van der Waals surface area contributed by atoms with Gasteiger partial charge in [0.25, 0.3) is 0 Å². The number of Topliss-reactive ketones (excluding diaryl/α,β-unsaturated/α-hetero) is 1. The molecule has 0 spiro atoms. The first-order valence-electron chi connectivity index (χ1n) is 10.6. The van der Waals surface area contributed by atoms with E-state index in [1.54, 1.807) is 0 Å². The molecule has 0 saturated carbocycles. The van der Waals surface area contributed by atoms with Crippen molar-refractivity contribution >= 4 is 17.7 Å². The van der Waals surface area contributed by atoms with Gasteiger partial charge in [-0.25, -0.2) is 0 Å². The molecule has 0 aromatic heterocycles. The SMILES string of the molecule is CCCC[NH3+].O=C([O-])CCC(=O)OC1C(=O)c2c(O)cc(O)cc2OC1c1ccc(O)c(O)c1. The number of esters is 1. The highest BCUT2D eigenvalue weighted by Gasteiger charge is 2.43. The lowest BCUT2D eigenvalue weighted by Crippen LogP contribution is -2.49. The Hall–Kier alpha value is -3.99. The summed E-state index contributed by atoms with van der Waals surface area (Å²) in [5.41, 5.74) is 3.48. The van der Waals surface area contributed by atoms with Crippen molar-refractivity contribution in [2.75, 3.05) is 6.54 Å². The molecular weight excluding hydrogens is 450 g/mol. The van der Waals surface area contributed by atoms with Crippen LogP contribution in [-0.2, 0) is 14.3 Å². The second-order valence-electron chi connectivity index (χ2n) is 7.48. The highest BCUT2D eigenvalue weighted by atomic mass is 16.6. The van der Waals surface area contributed by atoms with E-state index in [0.717, 1.165) is 30.8 Å². The van der Waals surface area contributed by atoms with E-state index in [-0.39, 0.29) is 22.6 Å². The smallest absolute Gasteiger partial charge is 0.307 e. The number of fused-ring (bicyclic) bond motifs is 1. The molecule has 2 aromatic rings. The first kappa shape index (κ1) is 26.3. The highest BCUT2D eigenvalue weighted by molar-refractivity contribution is 6.06. The minimum absolute atomic E-state index is 0.139. The maximum Gasteiger partial charge on any atom is 0.307 e. The molecule has 1 aliphatic rings. The Morgan fingerprint density at radius 1 is 1.06 bits per heavy atom. The molecule has 184 valence electrons. The number of hydrogen-bond donors (Lipinski definition) is 5. The molecule has 1 heterocycles. The summed E-state index contributed by atoms with van der Waals surface area (Å²) in [4.78, 5) is 35.5. The first-order chi connectivity index (χ1) is 16.1. The molecule has 0 bridgehead atoms. The highest BCUT2D eigenvalue weighted by Crippen LogP contribution is 2.43. The van der Waals surface area contributed by atoms with Crippen LogP contribution in [0.1, 0.15) is 54.6 Å². The van der Waals surface area contributed by atoms with Crippen molar-refractivity contribution in [2.24, 2.45) is 0 Å². The summed E-state index contributed by atoms with van der Waals surface area (Å²) in [6.07, 6.45) is -1.57. The van der Waals surface area contributed by atoms with Gasteiger partial charge in [-0.3, -0.25) is 9.59 Å². The molecule has 0 fully saturated rings. The molecule has 2 unspecified atom stereocenters. The Morgan fingerprint density at radius 2 is 1.76 bits per heavy atom. The van der Waals surface area contributed by atoms with Crippen LogP contribution in [0.5, 0.6) is 28.7 Å². The second kappa shape index (κ2) is 11.8. The van der Waals surface area contributed by atoms with Gasteiger partial charge in [0, 0.05) is 23.7 Å². The van der Waals surface area contributed by atoms with Crippen molar-refractivity contribution in [1.29, 1.82) is 0 Å². The number of unbranched alkanes of at least 4 members (excludes halogenated alkanes) is 1.